The number of halogens is 2. The number of hydrogen-bond acceptors (Lipinski definition) is 1. The minimum Gasteiger partial charge on any atom is -0.299 e. The number of rotatable bonds is 4. The Bertz CT molecular complexity index is 397. The minimum absolute atomic E-state index is 0.140. The van der Waals surface area contributed by atoms with E-state index < -0.39 is 0 Å². The molecule has 0 N–H and O–H groups in total. The van der Waals surface area contributed by atoms with Crippen LogP contribution in [0.2, 0.25) is 10.0 Å². The van der Waals surface area contributed by atoms with Gasteiger partial charge >= 0.3 is 0 Å². The molecule has 1 rings (SSSR count). The predicted molar refractivity (Wildman–Crippen MR) is 64.6 cm³/mol. The quantitative estimate of drug-likeness (QED) is 0.728. The van der Waals surface area contributed by atoms with E-state index in [2.05, 4.69) is 6.58 Å². The Hall–Kier alpha value is -0.790. The van der Waals surface area contributed by atoms with Crippen molar-refractivity contribution in [2.75, 3.05) is 0 Å². The van der Waals surface area contributed by atoms with Crippen molar-refractivity contribution in [3.8, 4) is 0 Å². The number of allylic oxidation sites excluding steroid dienone is 1. The monoisotopic (exact) mass is 242 g/mol. The molecule has 0 atom stereocenters. The summed E-state index contributed by atoms with van der Waals surface area (Å²) in [4.78, 5) is 11.5. The summed E-state index contributed by atoms with van der Waals surface area (Å²) < 4.78 is 0. The largest absolute Gasteiger partial charge is 0.299 e. The lowest BCUT2D eigenvalue weighted by molar-refractivity contribution is -0.117. The van der Waals surface area contributed by atoms with Crippen LogP contribution in [-0.2, 0) is 11.2 Å². The van der Waals surface area contributed by atoms with Crippen LogP contribution in [0.4, 0.5) is 0 Å². The molecule has 0 amide bonds. The van der Waals surface area contributed by atoms with Crippen LogP contribution in [0.25, 0.3) is 0 Å². The zero-order valence-corrected chi connectivity index (χ0v) is 10.0. The van der Waals surface area contributed by atoms with Gasteiger partial charge in [0.25, 0.3) is 0 Å². The summed E-state index contributed by atoms with van der Waals surface area (Å²) in [6.45, 7) is 5.54. The average molecular weight is 243 g/mol. The summed E-state index contributed by atoms with van der Waals surface area (Å²) in [6, 6.07) is 5.23. The number of ketones is 1. The molecule has 0 spiro atoms. The highest BCUT2D eigenvalue weighted by atomic mass is 35.5. The molecular formula is C12H12Cl2O. The minimum atomic E-state index is 0.140. The Kier molecular flexibility index (Phi) is 4.37. The van der Waals surface area contributed by atoms with E-state index in [-0.39, 0.29) is 5.78 Å². The Labute approximate surface area is 99.7 Å². The molecule has 0 saturated carbocycles. The molecule has 15 heavy (non-hydrogen) atoms. The van der Waals surface area contributed by atoms with E-state index in [9.17, 15) is 4.79 Å². The van der Waals surface area contributed by atoms with Crippen LogP contribution in [0, 0.1) is 0 Å². The lowest BCUT2D eigenvalue weighted by Gasteiger charge is -2.02. The summed E-state index contributed by atoms with van der Waals surface area (Å²) >= 11 is 11.6. The molecular weight excluding hydrogens is 231 g/mol. The lowest BCUT2D eigenvalue weighted by Crippen LogP contribution is -2.02. The Morgan fingerprint density at radius 2 is 2.00 bits per heavy atom. The number of hydrogen-bond donors (Lipinski definition) is 0. The summed E-state index contributed by atoms with van der Waals surface area (Å²) in [5.74, 6) is 0.140. The lowest BCUT2D eigenvalue weighted by atomic mass is 10.0. The topological polar surface area (TPSA) is 17.1 Å². The Balaban J connectivity index is 2.69. The first kappa shape index (κ1) is 12.3. The SMILES string of the molecule is C=C(C)CC(=O)Cc1ccc(Cl)c(Cl)c1. The van der Waals surface area contributed by atoms with Crippen molar-refractivity contribution in [2.24, 2.45) is 0 Å². The third-order valence-electron chi connectivity index (χ3n) is 1.88. The molecule has 0 aliphatic heterocycles. The summed E-state index contributed by atoms with van der Waals surface area (Å²) in [5, 5.41) is 0.991. The second kappa shape index (κ2) is 5.34. The van der Waals surface area contributed by atoms with Crippen LogP contribution in [0.5, 0.6) is 0 Å². The van der Waals surface area contributed by atoms with Gasteiger partial charge in [0.1, 0.15) is 5.78 Å². The third kappa shape index (κ3) is 4.06. The molecule has 0 fully saturated rings. The van der Waals surface area contributed by atoms with Crippen LogP contribution in [-0.4, -0.2) is 5.78 Å². The molecule has 3 heteroatoms. The summed E-state index contributed by atoms with van der Waals surface area (Å²) in [5.41, 5.74) is 1.76. The molecule has 1 aromatic rings. The fraction of sp³-hybridized carbons (Fsp3) is 0.250. The van der Waals surface area contributed by atoms with Gasteiger partial charge in [-0.05, 0) is 24.6 Å². The maximum atomic E-state index is 11.5. The average Bonchev–Trinajstić information content (AvgIpc) is 2.10. The predicted octanol–water partition coefficient (Wildman–Crippen LogP) is 4.07. The van der Waals surface area contributed by atoms with Crippen molar-refractivity contribution < 1.29 is 4.79 Å². The summed E-state index contributed by atoms with van der Waals surface area (Å²) in [7, 11) is 0. The first-order chi connectivity index (χ1) is 6.99. The zero-order chi connectivity index (χ0) is 11.4. The third-order valence-corrected chi connectivity index (χ3v) is 2.62. The smallest absolute Gasteiger partial charge is 0.141 e. The van der Waals surface area contributed by atoms with Crippen molar-refractivity contribution in [1.29, 1.82) is 0 Å². The normalized spacial score (nSPS) is 10.1. The second-order valence-corrected chi connectivity index (χ2v) is 4.41. The first-order valence-electron chi connectivity index (χ1n) is 4.59. The Morgan fingerprint density at radius 1 is 1.33 bits per heavy atom. The molecule has 1 aromatic carbocycles. The van der Waals surface area contributed by atoms with Gasteiger partial charge in [0, 0.05) is 12.8 Å². The van der Waals surface area contributed by atoms with E-state index >= 15 is 0 Å². The van der Waals surface area contributed by atoms with E-state index in [1.54, 1.807) is 12.1 Å². The first-order valence-corrected chi connectivity index (χ1v) is 5.34. The van der Waals surface area contributed by atoms with E-state index in [0.717, 1.165) is 11.1 Å². The van der Waals surface area contributed by atoms with Crippen LogP contribution in [0.15, 0.2) is 30.4 Å². The second-order valence-electron chi connectivity index (χ2n) is 3.60. The molecule has 0 bridgehead atoms. The van der Waals surface area contributed by atoms with Gasteiger partial charge < -0.3 is 0 Å². The van der Waals surface area contributed by atoms with E-state index in [0.29, 0.717) is 22.9 Å². The molecule has 0 aliphatic rings. The number of carbonyl (C=O) groups excluding carboxylic acids is 1. The van der Waals surface area contributed by atoms with Crippen molar-refractivity contribution in [3.05, 3.63) is 46.0 Å². The highest BCUT2D eigenvalue weighted by Gasteiger charge is 2.05. The van der Waals surface area contributed by atoms with Gasteiger partial charge in [-0.3, -0.25) is 4.79 Å². The molecule has 1 nitrogen and oxygen atoms in total. The highest BCUT2D eigenvalue weighted by Crippen LogP contribution is 2.23. The molecule has 0 radical (unpaired) electrons. The maximum absolute atomic E-state index is 11.5. The van der Waals surface area contributed by atoms with Gasteiger partial charge in [0.05, 0.1) is 10.0 Å². The van der Waals surface area contributed by atoms with E-state index in [1.165, 1.54) is 0 Å². The van der Waals surface area contributed by atoms with Crippen molar-refractivity contribution >= 4 is 29.0 Å². The van der Waals surface area contributed by atoms with Gasteiger partial charge in [0.15, 0.2) is 0 Å². The maximum Gasteiger partial charge on any atom is 0.141 e. The zero-order valence-electron chi connectivity index (χ0n) is 8.52. The molecule has 0 saturated heterocycles. The van der Waals surface area contributed by atoms with Gasteiger partial charge in [-0.2, -0.15) is 0 Å². The standard InChI is InChI=1S/C12H12Cl2O/c1-8(2)5-10(15)6-9-3-4-11(13)12(14)7-9/h3-4,7H,1,5-6H2,2H3. The van der Waals surface area contributed by atoms with E-state index in [4.69, 9.17) is 23.2 Å². The molecule has 0 unspecified atom stereocenters. The fourth-order valence-corrected chi connectivity index (χ4v) is 1.60. The van der Waals surface area contributed by atoms with Crippen molar-refractivity contribution in [1.82, 2.24) is 0 Å². The van der Waals surface area contributed by atoms with Crippen LogP contribution >= 0.6 is 23.2 Å². The molecule has 0 aliphatic carbocycles. The Morgan fingerprint density at radius 3 is 2.53 bits per heavy atom. The molecule has 80 valence electrons. The number of benzene rings is 1. The summed E-state index contributed by atoms with van der Waals surface area (Å²) in [6.07, 6.45) is 0.796. The van der Waals surface area contributed by atoms with Crippen molar-refractivity contribution in [2.45, 2.75) is 19.8 Å². The van der Waals surface area contributed by atoms with Crippen LogP contribution in [0.3, 0.4) is 0 Å². The fourth-order valence-electron chi connectivity index (χ4n) is 1.28. The van der Waals surface area contributed by atoms with E-state index in [1.807, 2.05) is 13.0 Å². The van der Waals surface area contributed by atoms with Gasteiger partial charge in [-0.15, -0.1) is 0 Å². The molecule has 0 heterocycles. The van der Waals surface area contributed by atoms with Crippen LogP contribution in [0.1, 0.15) is 18.9 Å². The highest BCUT2D eigenvalue weighted by molar-refractivity contribution is 6.42. The molecule has 0 aromatic heterocycles. The van der Waals surface area contributed by atoms with Gasteiger partial charge in [-0.1, -0.05) is 41.4 Å². The van der Waals surface area contributed by atoms with Gasteiger partial charge in [0.2, 0.25) is 0 Å². The van der Waals surface area contributed by atoms with Crippen LogP contribution < -0.4 is 0 Å². The number of carbonyl (C=O) groups is 1. The number of Topliss-reactive ketones (excluding diaryl/α,β-unsaturated/α-hetero) is 1. The van der Waals surface area contributed by atoms with Crippen molar-refractivity contribution in [3.63, 3.8) is 0 Å². The van der Waals surface area contributed by atoms with Gasteiger partial charge in [-0.25, -0.2) is 0 Å².